The van der Waals surface area contributed by atoms with Crippen LogP contribution in [0.2, 0.25) is 0 Å². The maximum Gasteiger partial charge on any atom is 0.254 e. The van der Waals surface area contributed by atoms with E-state index in [1.807, 2.05) is 37.7 Å². The van der Waals surface area contributed by atoms with Gasteiger partial charge in [-0.3, -0.25) is 4.79 Å². The van der Waals surface area contributed by atoms with E-state index >= 15 is 0 Å². The molecule has 0 saturated heterocycles. The van der Waals surface area contributed by atoms with E-state index in [0.717, 1.165) is 35.7 Å². The summed E-state index contributed by atoms with van der Waals surface area (Å²) in [4.78, 5) is 25.4. The Labute approximate surface area is 181 Å². The van der Waals surface area contributed by atoms with Crippen LogP contribution in [0.3, 0.4) is 0 Å². The van der Waals surface area contributed by atoms with E-state index in [4.69, 9.17) is 4.98 Å². The number of amides is 1. The normalized spacial score (nSPS) is 14.3. The fourth-order valence-corrected chi connectivity index (χ4v) is 4.48. The first-order valence-corrected chi connectivity index (χ1v) is 11.1. The second-order valence-corrected chi connectivity index (χ2v) is 9.88. The summed E-state index contributed by atoms with van der Waals surface area (Å²) in [5, 5.41) is 9.65. The van der Waals surface area contributed by atoms with Gasteiger partial charge in [0, 0.05) is 25.2 Å². The number of carbonyl (C=O) groups excluding carboxylic acids is 1. The molecule has 3 aromatic rings. The van der Waals surface area contributed by atoms with Crippen molar-refractivity contribution < 1.29 is 4.79 Å². The van der Waals surface area contributed by atoms with E-state index < -0.39 is 0 Å². The predicted molar refractivity (Wildman–Crippen MR) is 119 cm³/mol. The number of rotatable bonds is 8. The van der Waals surface area contributed by atoms with Gasteiger partial charge in [0.1, 0.15) is 0 Å². The minimum absolute atomic E-state index is 0.0208. The third kappa shape index (κ3) is 4.60. The number of hydrogen-bond acceptors (Lipinski definition) is 6. The summed E-state index contributed by atoms with van der Waals surface area (Å²) in [6.45, 7) is 5.81. The Morgan fingerprint density at radius 2 is 2.13 bits per heavy atom. The van der Waals surface area contributed by atoms with Crippen molar-refractivity contribution in [1.29, 1.82) is 0 Å². The standard InChI is InChI=1S/C22H28N6OS/c1-22(2,14-27(3)4)13-24-20(29)16-12-25-28(19(16)15-7-8-15)21-23-10-9-17(26-21)18-6-5-11-30-18/h5-6,9-12,15H,7-8,13-14H2,1-4H3,(H,24,29). The van der Waals surface area contributed by atoms with E-state index in [-0.39, 0.29) is 11.3 Å². The van der Waals surface area contributed by atoms with Crippen LogP contribution in [0.15, 0.2) is 36.0 Å². The van der Waals surface area contributed by atoms with Crippen LogP contribution in [0, 0.1) is 5.41 Å². The highest BCUT2D eigenvalue weighted by Crippen LogP contribution is 2.42. The predicted octanol–water partition coefficient (Wildman–Crippen LogP) is 3.59. The van der Waals surface area contributed by atoms with Gasteiger partial charge in [0.25, 0.3) is 11.9 Å². The number of hydrogen-bond donors (Lipinski definition) is 1. The van der Waals surface area contributed by atoms with Crippen LogP contribution in [0.4, 0.5) is 0 Å². The summed E-state index contributed by atoms with van der Waals surface area (Å²) < 4.78 is 1.74. The monoisotopic (exact) mass is 424 g/mol. The first kappa shape index (κ1) is 20.7. The summed E-state index contributed by atoms with van der Waals surface area (Å²) >= 11 is 1.64. The third-order valence-electron chi connectivity index (χ3n) is 5.09. The van der Waals surface area contributed by atoms with Gasteiger partial charge < -0.3 is 10.2 Å². The Balaban J connectivity index is 1.59. The van der Waals surface area contributed by atoms with Crippen LogP contribution in [0.25, 0.3) is 16.5 Å². The van der Waals surface area contributed by atoms with Crippen molar-refractivity contribution in [1.82, 2.24) is 30.0 Å². The Bertz CT molecular complexity index is 1020. The number of nitrogens with one attached hydrogen (secondary N) is 1. The average molecular weight is 425 g/mol. The topological polar surface area (TPSA) is 75.9 Å². The lowest BCUT2D eigenvalue weighted by atomic mass is 9.93. The summed E-state index contributed by atoms with van der Waals surface area (Å²) in [5.41, 5.74) is 2.39. The largest absolute Gasteiger partial charge is 0.351 e. The van der Waals surface area contributed by atoms with E-state index in [1.54, 1.807) is 28.4 Å². The van der Waals surface area contributed by atoms with E-state index in [1.165, 1.54) is 0 Å². The fourth-order valence-electron chi connectivity index (χ4n) is 3.78. The van der Waals surface area contributed by atoms with Gasteiger partial charge in [0.05, 0.1) is 28.0 Å². The molecule has 1 amide bonds. The van der Waals surface area contributed by atoms with Gasteiger partial charge in [0.2, 0.25) is 0 Å². The molecule has 0 spiro atoms. The second kappa shape index (κ2) is 8.28. The molecule has 3 heterocycles. The smallest absolute Gasteiger partial charge is 0.254 e. The molecule has 4 rings (SSSR count). The van der Waals surface area contributed by atoms with Crippen molar-refractivity contribution in [2.45, 2.75) is 32.6 Å². The summed E-state index contributed by atoms with van der Waals surface area (Å²) in [6, 6.07) is 5.94. The van der Waals surface area contributed by atoms with Gasteiger partial charge in [-0.1, -0.05) is 19.9 Å². The molecule has 1 aliphatic rings. The van der Waals surface area contributed by atoms with Gasteiger partial charge in [0.15, 0.2) is 0 Å². The molecule has 0 atom stereocenters. The fraction of sp³-hybridized carbons (Fsp3) is 0.455. The Kier molecular flexibility index (Phi) is 5.71. The number of nitrogens with zero attached hydrogens (tertiary/aromatic N) is 5. The van der Waals surface area contributed by atoms with Gasteiger partial charge >= 0.3 is 0 Å². The maximum atomic E-state index is 13.0. The molecule has 0 radical (unpaired) electrons. The van der Waals surface area contributed by atoms with Crippen LogP contribution in [-0.2, 0) is 0 Å². The van der Waals surface area contributed by atoms with Crippen LogP contribution < -0.4 is 5.32 Å². The van der Waals surface area contributed by atoms with Crippen molar-refractivity contribution in [3.8, 4) is 16.5 Å². The minimum atomic E-state index is -0.0793. The average Bonchev–Trinajstić information content (AvgIpc) is 3.21. The Morgan fingerprint density at radius 3 is 2.80 bits per heavy atom. The van der Waals surface area contributed by atoms with Crippen molar-refractivity contribution in [3.63, 3.8) is 0 Å². The summed E-state index contributed by atoms with van der Waals surface area (Å²) in [5.74, 6) is 0.760. The summed E-state index contributed by atoms with van der Waals surface area (Å²) in [6.07, 6.45) is 5.52. The van der Waals surface area contributed by atoms with E-state index in [2.05, 4.69) is 34.1 Å². The lowest BCUT2D eigenvalue weighted by Gasteiger charge is -2.28. The Morgan fingerprint density at radius 1 is 1.33 bits per heavy atom. The minimum Gasteiger partial charge on any atom is -0.351 e. The first-order valence-electron chi connectivity index (χ1n) is 10.2. The van der Waals surface area contributed by atoms with Crippen LogP contribution in [-0.4, -0.2) is 57.7 Å². The second-order valence-electron chi connectivity index (χ2n) is 8.93. The van der Waals surface area contributed by atoms with Crippen molar-refractivity contribution in [3.05, 3.63) is 47.2 Å². The molecule has 0 aromatic carbocycles. The van der Waals surface area contributed by atoms with Crippen LogP contribution in [0.1, 0.15) is 48.7 Å². The molecule has 30 heavy (non-hydrogen) atoms. The van der Waals surface area contributed by atoms with Crippen LogP contribution >= 0.6 is 11.3 Å². The van der Waals surface area contributed by atoms with Gasteiger partial charge in [-0.15, -0.1) is 11.3 Å². The zero-order valence-electron chi connectivity index (χ0n) is 17.9. The van der Waals surface area contributed by atoms with Gasteiger partial charge in [-0.25, -0.2) is 14.6 Å². The third-order valence-corrected chi connectivity index (χ3v) is 5.99. The highest BCUT2D eigenvalue weighted by Gasteiger charge is 2.34. The number of thiophene rings is 1. The SMILES string of the molecule is CN(C)CC(C)(C)CNC(=O)c1cnn(-c2nccc(-c3cccs3)n2)c1C1CC1. The molecular weight excluding hydrogens is 396 g/mol. The van der Waals surface area contributed by atoms with Gasteiger partial charge in [-0.05, 0) is 49.9 Å². The molecule has 0 aliphatic heterocycles. The van der Waals surface area contributed by atoms with Crippen LogP contribution in [0.5, 0.6) is 0 Å². The first-order chi connectivity index (χ1) is 14.3. The van der Waals surface area contributed by atoms with Crippen molar-refractivity contribution >= 4 is 17.2 Å². The van der Waals surface area contributed by atoms with E-state index in [9.17, 15) is 4.79 Å². The van der Waals surface area contributed by atoms with Crippen molar-refractivity contribution in [2.24, 2.45) is 5.41 Å². The highest BCUT2D eigenvalue weighted by atomic mass is 32.1. The molecule has 7 nitrogen and oxygen atoms in total. The molecule has 158 valence electrons. The number of carbonyl (C=O) groups is 1. The summed E-state index contributed by atoms with van der Waals surface area (Å²) in [7, 11) is 4.09. The lowest BCUT2D eigenvalue weighted by molar-refractivity contribution is 0.0928. The molecular formula is C22H28N6OS. The zero-order chi connectivity index (χ0) is 21.3. The number of aromatic nitrogens is 4. The highest BCUT2D eigenvalue weighted by molar-refractivity contribution is 7.13. The molecule has 8 heteroatoms. The van der Waals surface area contributed by atoms with E-state index in [0.29, 0.717) is 24.0 Å². The Hall–Kier alpha value is -2.58. The molecule has 3 aromatic heterocycles. The van der Waals surface area contributed by atoms with Crippen molar-refractivity contribution in [2.75, 3.05) is 27.2 Å². The molecule has 1 N–H and O–H groups in total. The molecule has 1 fully saturated rings. The molecule has 1 saturated carbocycles. The molecule has 0 bridgehead atoms. The maximum absolute atomic E-state index is 13.0. The molecule has 1 aliphatic carbocycles. The lowest BCUT2D eigenvalue weighted by Crippen LogP contribution is -2.40. The zero-order valence-corrected chi connectivity index (χ0v) is 18.7. The quantitative estimate of drug-likeness (QED) is 0.598. The van der Waals surface area contributed by atoms with Gasteiger partial charge in [-0.2, -0.15) is 5.10 Å². The molecule has 0 unspecified atom stereocenters.